The summed E-state index contributed by atoms with van der Waals surface area (Å²) in [7, 11) is 0. The van der Waals surface area contributed by atoms with Crippen molar-refractivity contribution in [1.82, 2.24) is 0 Å². The van der Waals surface area contributed by atoms with Crippen molar-refractivity contribution in [3.63, 3.8) is 0 Å². The minimum Gasteiger partial charge on any atom is -0.138 e. The average molecular weight is 263 g/mol. The highest BCUT2D eigenvalue weighted by Gasteiger charge is 1.95. The Kier molecular flexibility index (Phi) is 3.91. The van der Waals surface area contributed by atoms with Crippen LogP contribution in [0.5, 0.6) is 0 Å². The molecule has 0 unspecified atom stereocenters. The zero-order chi connectivity index (χ0) is 6.62. The summed E-state index contributed by atoms with van der Waals surface area (Å²) in [5.41, 5.74) is 0. The zero-order valence-corrected chi connectivity index (χ0v) is 8.11. The lowest BCUT2D eigenvalue weighted by Crippen LogP contribution is -1.83. The van der Waals surface area contributed by atoms with E-state index in [9.17, 15) is 4.91 Å². The predicted octanol–water partition coefficient (Wildman–Crippen LogP) is 1.90. The van der Waals surface area contributed by atoms with Crippen molar-refractivity contribution in [2.24, 2.45) is 4.58 Å². The van der Waals surface area contributed by atoms with Gasteiger partial charge in [-0.05, 0) is 34.0 Å². The SMILES string of the molecule is C/C=C\[SH](=S)(I)N=O. The van der Waals surface area contributed by atoms with Gasteiger partial charge in [0.1, 0.15) is 0 Å². The van der Waals surface area contributed by atoms with Crippen LogP contribution in [-0.2, 0) is 17.1 Å². The molecule has 0 radical (unpaired) electrons. The van der Waals surface area contributed by atoms with Crippen molar-refractivity contribution in [3.8, 4) is 0 Å². The van der Waals surface area contributed by atoms with Gasteiger partial charge in [-0.2, -0.15) is 0 Å². The van der Waals surface area contributed by atoms with E-state index in [4.69, 9.17) is 11.2 Å². The Hall–Kier alpha value is 0.640. The number of rotatable bonds is 2. The van der Waals surface area contributed by atoms with Crippen LogP contribution in [0, 0.1) is 4.91 Å². The fourth-order valence-corrected chi connectivity index (χ4v) is 1.96. The van der Waals surface area contributed by atoms with Crippen LogP contribution in [-0.4, -0.2) is 0 Å². The van der Waals surface area contributed by atoms with Crippen LogP contribution in [0.3, 0.4) is 0 Å². The molecular weight excluding hydrogens is 257 g/mol. The number of halogens is 1. The molecule has 0 aromatic rings. The summed E-state index contributed by atoms with van der Waals surface area (Å²) >= 11 is 6.68. The predicted molar refractivity (Wildman–Crippen MR) is 50.8 cm³/mol. The Bertz CT molecular complexity index is 155. The highest BCUT2D eigenvalue weighted by Crippen LogP contribution is 2.17. The molecule has 0 spiro atoms. The second-order valence-electron chi connectivity index (χ2n) is 1.11. The van der Waals surface area contributed by atoms with Gasteiger partial charge in [0.05, 0.1) is 0 Å². The monoisotopic (exact) mass is 263 g/mol. The molecule has 0 saturated heterocycles. The van der Waals surface area contributed by atoms with Crippen LogP contribution in [0.2, 0.25) is 0 Å². The van der Waals surface area contributed by atoms with Gasteiger partial charge in [-0.1, -0.05) is 6.08 Å². The Morgan fingerprint density at radius 3 is 2.50 bits per heavy atom. The molecule has 0 aromatic heterocycles. The molecule has 5 heteroatoms. The Labute approximate surface area is 66.0 Å². The van der Waals surface area contributed by atoms with E-state index in [-0.39, 0.29) is 0 Å². The van der Waals surface area contributed by atoms with Crippen molar-refractivity contribution < 1.29 is 0 Å². The molecule has 8 heavy (non-hydrogen) atoms. The third-order valence-corrected chi connectivity index (χ3v) is 3.39. The molecule has 0 aliphatic carbocycles. The number of nitrogens with zero attached hydrogens (tertiary/aromatic N) is 1. The van der Waals surface area contributed by atoms with Crippen molar-refractivity contribution in [3.05, 3.63) is 16.4 Å². The second-order valence-corrected chi connectivity index (χ2v) is 10.7. The lowest BCUT2D eigenvalue weighted by Gasteiger charge is -1.98. The van der Waals surface area contributed by atoms with E-state index in [0.717, 1.165) is 0 Å². The van der Waals surface area contributed by atoms with Crippen LogP contribution in [0.25, 0.3) is 0 Å². The first-order chi connectivity index (χ1) is 3.62. The largest absolute Gasteiger partial charge is 0.138 e. The fraction of sp³-hybridized carbons (Fsp3) is 0.333. The fourth-order valence-electron chi connectivity index (χ4n) is 0.211. The van der Waals surface area contributed by atoms with Gasteiger partial charge in [-0.15, -0.1) is 4.91 Å². The lowest BCUT2D eigenvalue weighted by molar-refractivity contribution is 1.77. The first kappa shape index (κ1) is 8.64. The van der Waals surface area contributed by atoms with Gasteiger partial charge in [0.25, 0.3) is 0 Å². The molecule has 0 fully saturated rings. The summed E-state index contributed by atoms with van der Waals surface area (Å²) in [5.74, 6) is -1.98. The lowest BCUT2D eigenvalue weighted by atomic mass is 10.8. The van der Waals surface area contributed by atoms with Gasteiger partial charge in [-0.3, -0.25) is 0 Å². The minimum absolute atomic E-state index is 1.68. The van der Waals surface area contributed by atoms with E-state index in [1.165, 1.54) is 0 Å². The molecule has 48 valence electrons. The van der Waals surface area contributed by atoms with Crippen LogP contribution in [0.15, 0.2) is 16.1 Å². The molecule has 0 saturated carbocycles. The van der Waals surface area contributed by atoms with Crippen LogP contribution >= 0.6 is 21.2 Å². The Morgan fingerprint density at radius 1 is 1.88 bits per heavy atom. The average Bonchev–Trinajstić information content (AvgIpc) is 1.67. The molecule has 0 aromatic carbocycles. The first-order valence-corrected chi connectivity index (χ1v) is 7.51. The van der Waals surface area contributed by atoms with Crippen molar-refractivity contribution >= 4 is 38.3 Å². The van der Waals surface area contributed by atoms with Crippen LogP contribution in [0.4, 0.5) is 0 Å². The van der Waals surface area contributed by atoms with Crippen LogP contribution < -0.4 is 0 Å². The molecule has 0 bridgehead atoms. The molecule has 0 aliphatic rings. The quantitative estimate of drug-likeness (QED) is 0.357. The van der Waals surface area contributed by atoms with E-state index in [0.29, 0.717) is 0 Å². The van der Waals surface area contributed by atoms with E-state index in [1.54, 1.807) is 11.5 Å². The number of hydrogen-bond donors (Lipinski definition) is 1. The number of thiol groups is 1. The third-order valence-electron chi connectivity index (χ3n) is 0.444. The van der Waals surface area contributed by atoms with Gasteiger partial charge in [0.15, 0.2) is 0 Å². The standard InChI is InChI=1S/C3H6INOS2/c1-2-3-8(4,7)5-6/h2-3,8H,1H3/b3-2-. The van der Waals surface area contributed by atoms with Gasteiger partial charge >= 0.3 is 0 Å². The molecule has 0 rings (SSSR count). The van der Waals surface area contributed by atoms with E-state index in [2.05, 4.69) is 4.58 Å². The van der Waals surface area contributed by atoms with Crippen molar-refractivity contribution in [1.29, 1.82) is 0 Å². The maximum absolute atomic E-state index is 9.85. The van der Waals surface area contributed by atoms with Gasteiger partial charge in [-0.25, -0.2) is 0 Å². The molecule has 0 atom stereocenters. The summed E-state index contributed by atoms with van der Waals surface area (Å²) in [6.45, 7) is 1.82. The van der Waals surface area contributed by atoms with Gasteiger partial charge in [0, 0.05) is 21.2 Å². The number of nitroso groups, excluding NO2 is 1. The summed E-state index contributed by atoms with van der Waals surface area (Å²) < 4.78 is 2.79. The molecule has 2 nitrogen and oxygen atoms in total. The normalized spacial score (nSPS) is 14.2. The number of allylic oxidation sites excluding steroid dienone is 1. The van der Waals surface area contributed by atoms with Crippen molar-refractivity contribution in [2.75, 3.05) is 0 Å². The topological polar surface area (TPSA) is 29.4 Å². The second kappa shape index (κ2) is 3.62. The first-order valence-electron chi connectivity index (χ1n) is 1.90. The number of hydrogen-bond acceptors (Lipinski definition) is 2. The third kappa shape index (κ3) is 3.62. The highest BCUT2D eigenvalue weighted by molar-refractivity contribution is 14.2. The summed E-state index contributed by atoms with van der Waals surface area (Å²) in [6.07, 6.45) is 1.76. The maximum Gasteiger partial charge on any atom is 0.00522 e. The minimum atomic E-state index is -1.98. The zero-order valence-electron chi connectivity index (χ0n) is 4.24. The summed E-state index contributed by atoms with van der Waals surface area (Å²) in [6, 6.07) is 0. The molecule has 0 amide bonds. The molecule has 0 N–H and O–H groups in total. The van der Waals surface area contributed by atoms with E-state index in [1.807, 2.05) is 28.1 Å². The molecule has 0 aliphatic heterocycles. The molecule has 0 heterocycles. The maximum atomic E-state index is 9.85. The van der Waals surface area contributed by atoms with E-state index >= 15 is 0 Å². The molecular formula is C3H6INOS2. The van der Waals surface area contributed by atoms with E-state index < -0.39 is 5.94 Å². The highest BCUT2D eigenvalue weighted by atomic mass is 127. The Morgan fingerprint density at radius 2 is 2.38 bits per heavy atom. The smallest absolute Gasteiger partial charge is 0.00522 e. The Balaban J connectivity index is 4.14. The summed E-state index contributed by atoms with van der Waals surface area (Å²) in [5, 5.41) is 1.68. The van der Waals surface area contributed by atoms with Gasteiger partial charge < -0.3 is 0 Å². The van der Waals surface area contributed by atoms with Gasteiger partial charge in [0.2, 0.25) is 0 Å². The van der Waals surface area contributed by atoms with Crippen molar-refractivity contribution in [2.45, 2.75) is 6.92 Å². The van der Waals surface area contributed by atoms with Crippen LogP contribution in [0.1, 0.15) is 6.92 Å². The summed E-state index contributed by atoms with van der Waals surface area (Å²) in [4.78, 5) is 9.85.